The number of nitrogens with one attached hydrogen (secondary N) is 1. The van der Waals surface area contributed by atoms with Crippen molar-refractivity contribution >= 4 is 11.9 Å². The summed E-state index contributed by atoms with van der Waals surface area (Å²) >= 11 is 0. The minimum atomic E-state index is 0.0747. The fourth-order valence-corrected chi connectivity index (χ4v) is 3.42. The molecule has 0 radical (unpaired) electrons. The van der Waals surface area contributed by atoms with Crippen LogP contribution in [0.4, 0.5) is 5.95 Å². The van der Waals surface area contributed by atoms with Gasteiger partial charge < -0.3 is 10.2 Å². The number of aryl methyl sites for hydroxylation is 1. The number of aromatic nitrogens is 2. The fraction of sp³-hybridized carbons (Fsp3) is 0.722. The Labute approximate surface area is 138 Å². The molecule has 2 heterocycles. The number of fused-ring (bicyclic) bond motifs is 1. The molecule has 2 aliphatic rings. The first kappa shape index (κ1) is 16.2. The van der Waals surface area contributed by atoms with Crippen LogP contribution in [0.25, 0.3) is 0 Å². The van der Waals surface area contributed by atoms with Crippen molar-refractivity contribution in [2.24, 2.45) is 11.8 Å². The van der Waals surface area contributed by atoms with Crippen molar-refractivity contribution in [1.82, 2.24) is 15.3 Å². The number of nitrogens with zero attached hydrogens (tertiary/aromatic N) is 3. The van der Waals surface area contributed by atoms with Crippen molar-refractivity contribution in [2.45, 2.75) is 52.4 Å². The predicted octanol–water partition coefficient (Wildman–Crippen LogP) is 2.34. The Morgan fingerprint density at radius 1 is 1.35 bits per heavy atom. The third-order valence-electron chi connectivity index (χ3n) is 4.83. The monoisotopic (exact) mass is 316 g/mol. The number of piperidine rings is 1. The summed E-state index contributed by atoms with van der Waals surface area (Å²) in [6, 6.07) is 0. The quantitative estimate of drug-likeness (QED) is 0.926. The summed E-state index contributed by atoms with van der Waals surface area (Å²) in [4.78, 5) is 23.9. The van der Waals surface area contributed by atoms with Crippen molar-refractivity contribution < 1.29 is 4.79 Å². The van der Waals surface area contributed by atoms with Crippen LogP contribution in [0.3, 0.4) is 0 Å². The van der Waals surface area contributed by atoms with E-state index >= 15 is 0 Å². The molecule has 0 bridgehead atoms. The Kier molecular flexibility index (Phi) is 5.13. The second kappa shape index (κ2) is 7.28. The highest BCUT2D eigenvalue weighted by Crippen LogP contribution is 2.26. The molecule has 1 aliphatic heterocycles. The van der Waals surface area contributed by atoms with Gasteiger partial charge in [0.1, 0.15) is 0 Å². The van der Waals surface area contributed by atoms with Crippen molar-refractivity contribution in [2.75, 3.05) is 24.5 Å². The van der Waals surface area contributed by atoms with Crippen molar-refractivity contribution in [3.63, 3.8) is 0 Å². The van der Waals surface area contributed by atoms with E-state index in [1.54, 1.807) is 0 Å². The van der Waals surface area contributed by atoms with E-state index in [1.165, 1.54) is 19.3 Å². The first-order valence-electron chi connectivity index (χ1n) is 9.01. The lowest BCUT2D eigenvalue weighted by Crippen LogP contribution is -2.36. The van der Waals surface area contributed by atoms with E-state index in [2.05, 4.69) is 29.0 Å². The van der Waals surface area contributed by atoms with Gasteiger partial charge in [-0.15, -0.1) is 0 Å². The molecule has 0 saturated carbocycles. The van der Waals surface area contributed by atoms with Gasteiger partial charge in [-0.3, -0.25) is 4.79 Å². The summed E-state index contributed by atoms with van der Waals surface area (Å²) < 4.78 is 0. The van der Waals surface area contributed by atoms with Gasteiger partial charge in [0.2, 0.25) is 11.9 Å². The van der Waals surface area contributed by atoms with E-state index in [9.17, 15) is 4.79 Å². The first-order valence-corrected chi connectivity index (χ1v) is 9.01. The molecular formula is C18H28N4O. The lowest BCUT2D eigenvalue weighted by molar-refractivity contribution is -0.125. The predicted molar refractivity (Wildman–Crippen MR) is 91.5 cm³/mol. The zero-order chi connectivity index (χ0) is 16.2. The summed E-state index contributed by atoms with van der Waals surface area (Å²) in [6.45, 7) is 7.13. The summed E-state index contributed by atoms with van der Waals surface area (Å²) in [5, 5.41) is 3.06. The minimum absolute atomic E-state index is 0.0747. The molecule has 0 spiro atoms. The van der Waals surface area contributed by atoms with Gasteiger partial charge in [-0.1, -0.05) is 13.8 Å². The van der Waals surface area contributed by atoms with Crippen LogP contribution in [0.15, 0.2) is 6.20 Å². The zero-order valence-corrected chi connectivity index (χ0v) is 14.3. The highest BCUT2D eigenvalue weighted by molar-refractivity contribution is 5.79. The Morgan fingerprint density at radius 3 is 2.87 bits per heavy atom. The highest BCUT2D eigenvalue weighted by Gasteiger charge is 2.26. The van der Waals surface area contributed by atoms with E-state index in [1.807, 2.05) is 6.20 Å². The number of anilines is 1. The SMILES string of the molecule is CC(C)CNC(=O)[C@H]1CCc2nc(N3CCCCC3)ncc2C1. The van der Waals surface area contributed by atoms with E-state index in [0.717, 1.165) is 56.1 Å². The molecule has 1 aromatic heterocycles. The number of carbonyl (C=O) groups excluding carboxylic acids is 1. The number of hydrogen-bond acceptors (Lipinski definition) is 4. The Hall–Kier alpha value is -1.65. The molecule has 23 heavy (non-hydrogen) atoms. The van der Waals surface area contributed by atoms with Crippen LogP contribution < -0.4 is 10.2 Å². The van der Waals surface area contributed by atoms with Gasteiger partial charge in [-0.2, -0.15) is 0 Å². The molecule has 1 amide bonds. The number of rotatable bonds is 4. The molecule has 1 atom stereocenters. The maximum Gasteiger partial charge on any atom is 0.225 e. The summed E-state index contributed by atoms with van der Waals surface area (Å²) in [5.74, 6) is 1.63. The lowest BCUT2D eigenvalue weighted by Gasteiger charge is -2.28. The molecule has 1 N–H and O–H groups in total. The number of amides is 1. The molecule has 1 saturated heterocycles. The molecule has 1 fully saturated rings. The summed E-state index contributed by atoms with van der Waals surface area (Å²) in [6.07, 6.45) is 8.30. The number of hydrogen-bond donors (Lipinski definition) is 1. The standard InChI is InChI=1S/C18H28N4O/c1-13(2)11-19-17(23)14-6-7-16-15(10-14)12-20-18(21-16)22-8-4-3-5-9-22/h12-14H,3-11H2,1-2H3,(H,19,23)/t14-/m0/s1. The van der Waals surface area contributed by atoms with Crippen LogP contribution in [-0.4, -0.2) is 35.5 Å². The Balaban J connectivity index is 1.64. The van der Waals surface area contributed by atoms with Crippen LogP contribution in [-0.2, 0) is 17.6 Å². The van der Waals surface area contributed by atoms with Crippen molar-refractivity contribution in [1.29, 1.82) is 0 Å². The van der Waals surface area contributed by atoms with Gasteiger partial charge in [0.05, 0.1) is 0 Å². The van der Waals surface area contributed by atoms with Gasteiger partial charge in [-0.05, 0) is 50.0 Å². The zero-order valence-electron chi connectivity index (χ0n) is 14.3. The third kappa shape index (κ3) is 4.01. The average Bonchev–Trinajstić information content (AvgIpc) is 2.59. The van der Waals surface area contributed by atoms with E-state index in [-0.39, 0.29) is 11.8 Å². The molecular weight excluding hydrogens is 288 g/mol. The van der Waals surface area contributed by atoms with Crippen LogP contribution in [0.2, 0.25) is 0 Å². The van der Waals surface area contributed by atoms with Crippen molar-refractivity contribution in [3.8, 4) is 0 Å². The Bertz CT molecular complexity index is 552. The smallest absolute Gasteiger partial charge is 0.225 e. The topological polar surface area (TPSA) is 58.1 Å². The molecule has 5 nitrogen and oxygen atoms in total. The van der Waals surface area contributed by atoms with Gasteiger partial charge in [0, 0.05) is 37.4 Å². The van der Waals surface area contributed by atoms with E-state index in [4.69, 9.17) is 4.98 Å². The lowest BCUT2D eigenvalue weighted by atomic mass is 9.86. The minimum Gasteiger partial charge on any atom is -0.356 e. The molecule has 5 heteroatoms. The molecule has 3 rings (SSSR count). The second-order valence-electron chi connectivity index (χ2n) is 7.27. The molecule has 0 aromatic carbocycles. The molecule has 0 unspecified atom stereocenters. The number of carbonyl (C=O) groups is 1. The highest BCUT2D eigenvalue weighted by atomic mass is 16.1. The van der Waals surface area contributed by atoms with Gasteiger partial charge in [0.15, 0.2) is 0 Å². The molecule has 1 aliphatic carbocycles. The third-order valence-corrected chi connectivity index (χ3v) is 4.83. The normalized spacial score (nSPS) is 21.2. The van der Waals surface area contributed by atoms with Crippen LogP contribution in [0, 0.1) is 11.8 Å². The van der Waals surface area contributed by atoms with Crippen LogP contribution in [0.5, 0.6) is 0 Å². The van der Waals surface area contributed by atoms with E-state index < -0.39 is 0 Å². The molecule has 1 aromatic rings. The molecule has 126 valence electrons. The first-order chi connectivity index (χ1) is 11.1. The van der Waals surface area contributed by atoms with Gasteiger partial charge in [-0.25, -0.2) is 9.97 Å². The van der Waals surface area contributed by atoms with Crippen LogP contribution >= 0.6 is 0 Å². The summed E-state index contributed by atoms with van der Waals surface area (Å²) in [7, 11) is 0. The van der Waals surface area contributed by atoms with E-state index in [0.29, 0.717) is 5.92 Å². The van der Waals surface area contributed by atoms with Gasteiger partial charge >= 0.3 is 0 Å². The second-order valence-corrected chi connectivity index (χ2v) is 7.27. The van der Waals surface area contributed by atoms with Gasteiger partial charge in [0.25, 0.3) is 0 Å². The van der Waals surface area contributed by atoms with Crippen LogP contribution in [0.1, 0.15) is 50.8 Å². The fourth-order valence-electron chi connectivity index (χ4n) is 3.42. The largest absolute Gasteiger partial charge is 0.356 e. The Morgan fingerprint density at radius 2 is 2.13 bits per heavy atom. The maximum absolute atomic E-state index is 12.3. The average molecular weight is 316 g/mol. The maximum atomic E-state index is 12.3. The summed E-state index contributed by atoms with van der Waals surface area (Å²) in [5.41, 5.74) is 2.30. The van der Waals surface area contributed by atoms with Crippen molar-refractivity contribution in [3.05, 3.63) is 17.5 Å².